The van der Waals surface area contributed by atoms with Crippen LogP contribution in [0.4, 0.5) is 0 Å². The van der Waals surface area contributed by atoms with Crippen LogP contribution in [0.25, 0.3) is 11.0 Å². The number of rotatable bonds is 4. The maximum atomic E-state index is 12.7. The molecule has 1 aliphatic heterocycles. The zero-order valence-corrected chi connectivity index (χ0v) is 13.0. The van der Waals surface area contributed by atoms with E-state index in [0.717, 1.165) is 16.6 Å². The third-order valence-corrected chi connectivity index (χ3v) is 4.40. The molecule has 4 heterocycles. The van der Waals surface area contributed by atoms with Crippen molar-refractivity contribution in [1.29, 1.82) is 0 Å². The number of hydrogen-bond donors (Lipinski definition) is 2. The number of ether oxygens (including phenoxy) is 1. The first kappa shape index (κ1) is 14.8. The van der Waals surface area contributed by atoms with E-state index in [4.69, 9.17) is 9.26 Å². The summed E-state index contributed by atoms with van der Waals surface area (Å²) in [7, 11) is 0. The summed E-state index contributed by atoms with van der Waals surface area (Å²) in [6, 6.07) is 3.81. The number of fused-ring (bicyclic) bond motifs is 1. The van der Waals surface area contributed by atoms with Gasteiger partial charge in [0.15, 0.2) is 5.82 Å². The van der Waals surface area contributed by atoms with Crippen molar-refractivity contribution in [2.75, 3.05) is 13.2 Å². The molecule has 124 valence electrons. The lowest BCUT2D eigenvalue weighted by Crippen LogP contribution is -2.50. The van der Waals surface area contributed by atoms with E-state index in [0.29, 0.717) is 31.9 Å². The van der Waals surface area contributed by atoms with Crippen LogP contribution in [0.15, 0.2) is 35.4 Å². The molecule has 0 radical (unpaired) electrons. The first-order chi connectivity index (χ1) is 11.8. The highest BCUT2D eigenvalue weighted by atomic mass is 16.5. The molecule has 1 amide bonds. The van der Waals surface area contributed by atoms with Crippen molar-refractivity contribution in [1.82, 2.24) is 25.4 Å². The first-order valence-corrected chi connectivity index (χ1v) is 7.83. The minimum Gasteiger partial charge on any atom is -0.381 e. The van der Waals surface area contributed by atoms with Gasteiger partial charge < -0.3 is 19.6 Å². The lowest BCUT2D eigenvalue weighted by Gasteiger charge is -2.35. The Kier molecular flexibility index (Phi) is 3.73. The van der Waals surface area contributed by atoms with Crippen molar-refractivity contribution >= 4 is 16.9 Å². The molecule has 1 fully saturated rings. The summed E-state index contributed by atoms with van der Waals surface area (Å²) >= 11 is 0. The summed E-state index contributed by atoms with van der Waals surface area (Å²) in [5.74, 6) is 0.409. The fourth-order valence-corrected chi connectivity index (χ4v) is 3.15. The van der Waals surface area contributed by atoms with Gasteiger partial charge in [-0.05, 0) is 17.7 Å². The molecule has 0 atom stereocenters. The van der Waals surface area contributed by atoms with Crippen LogP contribution in [0.3, 0.4) is 0 Å². The average Bonchev–Trinajstić information content (AvgIpc) is 3.26. The maximum absolute atomic E-state index is 12.7. The quantitative estimate of drug-likeness (QED) is 0.748. The summed E-state index contributed by atoms with van der Waals surface area (Å²) in [5.41, 5.74) is 1.05. The Morgan fingerprint density at radius 3 is 3.00 bits per heavy atom. The summed E-state index contributed by atoms with van der Waals surface area (Å²) in [4.78, 5) is 24.1. The second-order valence-corrected chi connectivity index (χ2v) is 5.89. The van der Waals surface area contributed by atoms with Gasteiger partial charge in [0.25, 0.3) is 0 Å². The number of amides is 1. The molecule has 8 nitrogen and oxygen atoms in total. The molecule has 0 bridgehead atoms. The molecule has 1 aliphatic rings. The molecule has 0 aromatic carbocycles. The van der Waals surface area contributed by atoms with E-state index in [1.54, 1.807) is 6.20 Å². The Morgan fingerprint density at radius 2 is 2.21 bits per heavy atom. The molecule has 2 N–H and O–H groups in total. The third-order valence-electron chi connectivity index (χ3n) is 4.40. The molecule has 24 heavy (non-hydrogen) atoms. The lowest BCUT2D eigenvalue weighted by molar-refractivity contribution is -0.124. The Hall–Kier alpha value is -2.74. The number of hydrogen-bond acceptors (Lipinski definition) is 6. The zero-order chi connectivity index (χ0) is 16.4. The molecule has 3 aromatic rings. The van der Waals surface area contributed by atoms with E-state index in [1.807, 2.05) is 18.3 Å². The van der Waals surface area contributed by atoms with Crippen LogP contribution in [-0.2, 0) is 21.5 Å². The number of H-pyrrole nitrogens is 1. The van der Waals surface area contributed by atoms with Crippen molar-refractivity contribution in [3.8, 4) is 0 Å². The first-order valence-electron chi connectivity index (χ1n) is 7.83. The minimum absolute atomic E-state index is 0.0912. The number of aromatic nitrogens is 4. The van der Waals surface area contributed by atoms with Gasteiger partial charge in [0.2, 0.25) is 12.3 Å². The van der Waals surface area contributed by atoms with Crippen LogP contribution in [0.2, 0.25) is 0 Å². The summed E-state index contributed by atoms with van der Waals surface area (Å²) in [5, 5.41) is 7.99. The lowest BCUT2D eigenvalue weighted by atomic mass is 9.88. The fraction of sp³-hybridized carbons (Fsp3) is 0.375. The fourth-order valence-electron chi connectivity index (χ4n) is 3.15. The van der Waals surface area contributed by atoms with Gasteiger partial charge in [0.1, 0.15) is 11.2 Å². The zero-order valence-electron chi connectivity index (χ0n) is 13.0. The number of nitrogens with zero attached hydrogens (tertiary/aromatic N) is 3. The Balaban J connectivity index is 1.55. The van der Waals surface area contributed by atoms with Gasteiger partial charge in [0.05, 0.1) is 6.42 Å². The van der Waals surface area contributed by atoms with E-state index in [9.17, 15) is 4.79 Å². The normalized spacial score (nSPS) is 17.0. The van der Waals surface area contributed by atoms with E-state index in [2.05, 4.69) is 25.4 Å². The Labute approximate surface area is 137 Å². The van der Waals surface area contributed by atoms with Crippen molar-refractivity contribution in [2.45, 2.75) is 24.8 Å². The highest BCUT2D eigenvalue weighted by Crippen LogP contribution is 2.30. The maximum Gasteiger partial charge on any atom is 0.225 e. The molecule has 4 rings (SSSR count). The number of pyridine rings is 1. The predicted octanol–water partition coefficient (Wildman–Crippen LogP) is 1.31. The van der Waals surface area contributed by atoms with Crippen molar-refractivity contribution in [3.05, 3.63) is 42.3 Å². The van der Waals surface area contributed by atoms with Crippen molar-refractivity contribution in [3.63, 3.8) is 0 Å². The smallest absolute Gasteiger partial charge is 0.225 e. The molecule has 0 spiro atoms. The molecule has 1 saturated heterocycles. The van der Waals surface area contributed by atoms with E-state index in [1.165, 1.54) is 6.39 Å². The minimum atomic E-state index is -0.632. The molecule has 0 aliphatic carbocycles. The van der Waals surface area contributed by atoms with Crippen LogP contribution in [0.5, 0.6) is 0 Å². The average molecular weight is 327 g/mol. The van der Waals surface area contributed by atoms with Gasteiger partial charge in [-0.3, -0.25) is 4.79 Å². The van der Waals surface area contributed by atoms with Crippen LogP contribution < -0.4 is 5.32 Å². The second kappa shape index (κ2) is 6.04. The van der Waals surface area contributed by atoms with E-state index in [-0.39, 0.29) is 12.3 Å². The van der Waals surface area contributed by atoms with Crippen LogP contribution in [0, 0.1) is 0 Å². The third kappa shape index (κ3) is 2.65. The Bertz CT molecular complexity index is 836. The second-order valence-electron chi connectivity index (χ2n) is 5.89. The van der Waals surface area contributed by atoms with Crippen LogP contribution >= 0.6 is 0 Å². The monoisotopic (exact) mass is 327 g/mol. The molecule has 0 unspecified atom stereocenters. The van der Waals surface area contributed by atoms with Crippen molar-refractivity contribution in [2.24, 2.45) is 0 Å². The molecule has 0 saturated carbocycles. The molecule has 3 aromatic heterocycles. The van der Waals surface area contributed by atoms with Gasteiger partial charge >= 0.3 is 0 Å². The van der Waals surface area contributed by atoms with Gasteiger partial charge in [-0.2, -0.15) is 4.98 Å². The van der Waals surface area contributed by atoms with Gasteiger partial charge in [-0.15, -0.1) is 0 Å². The molecule has 8 heteroatoms. The number of carbonyl (C=O) groups is 1. The number of aromatic amines is 1. The SMILES string of the molecule is O=C(Cc1c[nH]c2ncccc12)NC1(c2ncon2)CCOCC1. The van der Waals surface area contributed by atoms with E-state index < -0.39 is 5.54 Å². The van der Waals surface area contributed by atoms with Gasteiger partial charge in [0, 0.05) is 43.8 Å². The predicted molar refractivity (Wildman–Crippen MR) is 84.0 cm³/mol. The summed E-state index contributed by atoms with van der Waals surface area (Å²) in [6.45, 7) is 1.09. The van der Waals surface area contributed by atoms with Crippen LogP contribution in [-0.4, -0.2) is 39.2 Å². The van der Waals surface area contributed by atoms with Crippen molar-refractivity contribution < 1.29 is 14.1 Å². The summed E-state index contributed by atoms with van der Waals surface area (Å²) in [6.07, 6.45) is 6.32. The Morgan fingerprint density at radius 1 is 1.33 bits per heavy atom. The molecular formula is C16H17N5O3. The molecular weight excluding hydrogens is 310 g/mol. The summed E-state index contributed by atoms with van der Waals surface area (Å²) < 4.78 is 10.3. The number of nitrogens with one attached hydrogen (secondary N) is 2. The largest absolute Gasteiger partial charge is 0.381 e. The highest BCUT2D eigenvalue weighted by Gasteiger charge is 2.39. The van der Waals surface area contributed by atoms with Gasteiger partial charge in [-0.25, -0.2) is 4.98 Å². The standard InChI is InChI=1S/C16H17N5O3/c22-13(8-11-9-18-14-12(11)2-1-5-17-14)20-16(3-6-23-7-4-16)15-19-10-24-21-15/h1-2,5,9-10H,3-4,6-8H2,(H,17,18)(H,20,22). The highest BCUT2D eigenvalue weighted by molar-refractivity contribution is 5.87. The number of carbonyl (C=O) groups excluding carboxylic acids is 1. The van der Waals surface area contributed by atoms with E-state index >= 15 is 0 Å². The van der Waals surface area contributed by atoms with Gasteiger partial charge in [-0.1, -0.05) is 5.16 Å². The van der Waals surface area contributed by atoms with Crippen LogP contribution in [0.1, 0.15) is 24.2 Å². The topological polar surface area (TPSA) is 106 Å².